The molecule has 0 fully saturated rings. The van der Waals surface area contributed by atoms with Crippen molar-refractivity contribution in [3.05, 3.63) is 59.1 Å². The van der Waals surface area contributed by atoms with Crippen molar-refractivity contribution >= 4 is 40.9 Å². The molecular weight excluding hydrogens is 413 g/mol. The highest BCUT2D eigenvalue weighted by Crippen LogP contribution is 2.34. The van der Waals surface area contributed by atoms with Crippen LogP contribution in [0.2, 0.25) is 5.02 Å². The van der Waals surface area contributed by atoms with E-state index in [-0.39, 0.29) is 30.4 Å². The van der Waals surface area contributed by atoms with Crippen molar-refractivity contribution in [2.24, 2.45) is 0 Å². The molecule has 9 heteroatoms. The summed E-state index contributed by atoms with van der Waals surface area (Å²) >= 11 is 7.10. The average molecular weight is 431 g/mol. The second-order valence-electron chi connectivity index (χ2n) is 5.74. The van der Waals surface area contributed by atoms with Crippen LogP contribution in [0.1, 0.15) is 12.5 Å². The van der Waals surface area contributed by atoms with Crippen LogP contribution < -0.4 is 5.32 Å². The van der Waals surface area contributed by atoms with Gasteiger partial charge in [-0.1, -0.05) is 23.7 Å². The van der Waals surface area contributed by atoms with E-state index in [0.717, 1.165) is 11.0 Å². The fourth-order valence-corrected chi connectivity index (χ4v) is 3.27. The van der Waals surface area contributed by atoms with Gasteiger partial charge in [0.2, 0.25) is 11.8 Å². The monoisotopic (exact) mass is 430 g/mol. The molecule has 150 valence electrons. The summed E-state index contributed by atoms with van der Waals surface area (Å²) in [5, 5.41) is 2.83. The summed E-state index contributed by atoms with van der Waals surface area (Å²) in [4.78, 5) is 26.7. The Balaban J connectivity index is 1.95. The van der Waals surface area contributed by atoms with Crippen molar-refractivity contribution in [3.8, 4) is 0 Å². The number of thioether (sulfide) groups is 1. The minimum Gasteiger partial charge on any atom is -0.333 e. The standard InChI is InChI=1S/C19H18ClF3N2O2S/c1-2-25(18(27)12-28-14-9-7-13(20)8-10-14)11-17(26)24-16-6-4-3-5-15(16)19(21,22)23/h3-10H,2,11-12H2,1H3,(H,24,26). The summed E-state index contributed by atoms with van der Waals surface area (Å²) in [5.41, 5.74) is -1.27. The molecule has 2 rings (SSSR count). The topological polar surface area (TPSA) is 49.4 Å². The maximum Gasteiger partial charge on any atom is 0.418 e. The zero-order chi connectivity index (χ0) is 20.7. The molecule has 0 aliphatic rings. The van der Waals surface area contributed by atoms with E-state index >= 15 is 0 Å². The first kappa shape index (κ1) is 22.1. The lowest BCUT2D eigenvalue weighted by molar-refractivity contribution is -0.137. The molecule has 28 heavy (non-hydrogen) atoms. The summed E-state index contributed by atoms with van der Waals surface area (Å²) in [6.07, 6.45) is -4.58. The van der Waals surface area contributed by atoms with Crippen LogP contribution in [0.25, 0.3) is 0 Å². The molecule has 0 aliphatic heterocycles. The van der Waals surface area contributed by atoms with Crippen LogP contribution in [0.4, 0.5) is 18.9 Å². The Bertz CT molecular complexity index is 829. The fraction of sp³-hybridized carbons (Fsp3) is 0.263. The SMILES string of the molecule is CCN(CC(=O)Nc1ccccc1C(F)(F)F)C(=O)CSc1ccc(Cl)cc1. The number of benzene rings is 2. The molecule has 0 bridgehead atoms. The number of alkyl halides is 3. The minimum absolute atomic E-state index is 0.0991. The van der Waals surface area contributed by atoms with Gasteiger partial charge in [0.15, 0.2) is 0 Å². The van der Waals surface area contributed by atoms with Gasteiger partial charge in [-0.05, 0) is 43.3 Å². The van der Waals surface area contributed by atoms with E-state index < -0.39 is 17.6 Å². The van der Waals surface area contributed by atoms with E-state index in [4.69, 9.17) is 11.6 Å². The lowest BCUT2D eigenvalue weighted by atomic mass is 10.1. The Hall–Kier alpha value is -2.19. The third-order valence-corrected chi connectivity index (χ3v) is 5.00. The molecule has 0 heterocycles. The number of para-hydroxylation sites is 1. The van der Waals surface area contributed by atoms with Gasteiger partial charge in [-0.25, -0.2) is 0 Å². The van der Waals surface area contributed by atoms with Crippen LogP contribution in [0.5, 0.6) is 0 Å². The highest BCUT2D eigenvalue weighted by Gasteiger charge is 2.33. The maximum atomic E-state index is 13.0. The molecule has 0 spiro atoms. The van der Waals surface area contributed by atoms with Gasteiger partial charge in [-0.2, -0.15) is 13.2 Å². The lowest BCUT2D eigenvalue weighted by Crippen LogP contribution is -2.39. The highest BCUT2D eigenvalue weighted by molar-refractivity contribution is 8.00. The van der Waals surface area contributed by atoms with E-state index in [9.17, 15) is 22.8 Å². The fourth-order valence-electron chi connectivity index (χ4n) is 2.35. The number of anilines is 1. The molecule has 0 aromatic heterocycles. The van der Waals surface area contributed by atoms with Crippen molar-refractivity contribution < 1.29 is 22.8 Å². The third-order valence-electron chi connectivity index (χ3n) is 3.75. The van der Waals surface area contributed by atoms with E-state index in [1.165, 1.54) is 34.9 Å². The van der Waals surface area contributed by atoms with Gasteiger partial charge in [-0.15, -0.1) is 11.8 Å². The number of nitrogens with one attached hydrogen (secondary N) is 1. The first-order valence-electron chi connectivity index (χ1n) is 8.33. The minimum atomic E-state index is -4.58. The average Bonchev–Trinajstić information content (AvgIpc) is 2.65. The Morgan fingerprint density at radius 2 is 1.75 bits per heavy atom. The van der Waals surface area contributed by atoms with Crippen LogP contribution in [0, 0.1) is 0 Å². The number of nitrogens with zero attached hydrogens (tertiary/aromatic N) is 1. The van der Waals surface area contributed by atoms with Crippen molar-refractivity contribution in [3.63, 3.8) is 0 Å². The number of likely N-dealkylation sites (N-methyl/N-ethyl adjacent to an activating group) is 1. The first-order valence-corrected chi connectivity index (χ1v) is 9.69. The predicted octanol–water partition coefficient (Wildman–Crippen LogP) is 4.94. The van der Waals surface area contributed by atoms with E-state index in [1.54, 1.807) is 31.2 Å². The van der Waals surface area contributed by atoms with Gasteiger partial charge in [0.05, 0.1) is 23.5 Å². The number of amides is 2. The van der Waals surface area contributed by atoms with Crippen LogP contribution in [0.3, 0.4) is 0 Å². The molecule has 0 saturated carbocycles. The largest absolute Gasteiger partial charge is 0.418 e. The van der Waals surface area contributed by atoms with Crippen molar-refractivity contribution in [2.45, 2.75) is 18.0 Å². The molecule has 2 aromatic carbocycles. The van der Waals surface area contributed by atoms with Gasteiger partial charge in [0.1, 0.15) is 0 Å². The van der Waals surface area contributed by atoms with Crippen molar-refractivity contribution in [2.75, 3.05) is 24.2 Å². The van der Waals surface area contributed by atoms with Gasteiger partial charge >= 0.3 is 6.18 Å². The summed E-state index contributed by atoms with van der Waals surface area (Å²) in [7, 11) is 0. The van der Waals surface area contributed by atoms with Gasteiger partial charge in [0.25, 0.3) is 0 Å². The predicted molar refractivity (Wildman–Crippen MR) is 105 cm³/mol. The van der Waals surface area contributed by atoms with Gasteiger partial charge < -0.3 is 10.2 Å². The zero-order valence-electron chi connectivity index (χ0n) is 14.9. The van der Waals surface area contributed by atoms with Crippen molar-refractivity contribution in [1.29, 1.82) is 0 Å². The molecule has 0 saturated heterocycles. The van der Waals surface area contributed by atoms with Crippen LogP contribution in [0.15, 0.2) is 53.4 Å². The second-order valence-corrected chi connectivity index (χ2v) is 7.23. The molecule has 2 aromatic rings. The number of carbonyl (C=O) groups is 2. The Morgan fingerprint density at radius 1 is 1.11 bits per heavy atom. The molecule has 1 N–H and O–H groups in total. The molecule has 0 atom stereocenters. The number of halogens is 4. The van der Waals surface area contributed by atoms with E-state index in [1.807, 2.05) is 0 Å². The van der Waals surface area contributed by atoms with Gasteiger partial charge in [0, 0.05) is 16.5 Å². The Kier molecular flexibility index (Phi) is 7.77. The molecular formula is C19H18ClF3N2O2S. The number of carbonyl (C=O) groups excluding carboxylic acids is 2. The zero-order valence-corrected chi connectivity index (χ0v) is 16.5. The summed E-state index contributed by atoms with van der Waals surface area (Å²) in [6, 6.07) is 11.7. The van der Waals surface area contributed by atoms with Crippen LogP contribution in [-0.4, -0.2) is 35.6 Å². The number of hydrogen-bond acceptors (Lipinski definition) is 3. The van der Waals surface area contributed by atoms with Crippen LogP contribution >= 0.6 is 23.4 Å². The van der Waals surface area contributed by atoms with E-state index in [0.29, 0.717) is 5.02 Å². The summed E-state index contributed by atoms with van der Waals surface area (Å²) in [5.74, 6) is -0.882. The highest BCUT2D eigenvalue weighted by atomic mass is 35.5. The van der Waals surface area contributed by atoms with E-state index in [2.05, 4.69) is 5.32 Å². The van der Waals surface area contributed by atoms with Crippen LogP contribution in [-0.2, 0) is 15.8 Å². The molecule has 2 amide bonds. The third kappa shape index (κ3) is 6.45. The maximum absolute atomic E-state index is 13.0. The lowest BCUT2D eigenvalue weighted by Gasteiger charge is -2.21. The smallest absolute Gasteiger partial charge is 0.333 e. The summed E-state index contributed by atoms with van der Waals surface area (Å²) < 4.78 is 39.0. The molecule has 0 aliphatic carbocycles. The Morgan fingerprint density at radius 3 is 2.36 bits per heavy atom. The molecule has 0 unspecified atom stereocenters. The molecule has 0 radical (unpaired) electrons. The number of hydrogen-bond donors (Lipinski definition) is 1. The summed E-state index contributed by atoms with van der Waals surface area (Å²) in [6.45, 7) is 1.62. The Labute approximate surface area is 170 Å². The normalized spacial score (nSPS) is 11.2. The van der Waals surface area contributed by atoms with Crippen molar-refractivity contribution in [1.82, 2.24) is 4.90 Å². The number of rotatable bonds is 7. The second kappa shape index (κ2) is 9.84. The quantitative estimate of drug-likeness (QED) is 0.633. The van der Waals surface area contributed by atoms with Gasteiger partial charge in [-0.3, -0.25) is 9.59 Å². The molecule has 4 nitrogen and oxygen atoms in total. The first-order chi connectivity index (χ1) is 13.2.